The van der Waals surface area contributed by atoms with Crippen LogP contribution in [0, 0.1) is 0 Å². The maximum Gasteiger partial charge on any atom is 0.366 e. The fourth-order valence-electron chi connectivity index (χ4n) is 6.52. The third-order valence-corrected chi connectivity index (χ3v) is 9.40. The molecule has 0 radical (unpaired) electrons. The first-order chi connectivity index (χ1) is 24.7. The van der Waals surface area contributed by atoms with E-state index in [9.17, 15) is 60.7 Å². The monoisotopic (exact) mass is 759 g/mol. The van der Waals surface area contributed by atoms with Gasteiger partial charge in [0.1, 0.15) is 67.1 Å². The van der Waals surface area contributed by atoms with Crippen LogP contribution in [0.5, 0.6) is 0 Å². The Balaban J connectivity index is 1.77. The van der Waals surface area contributed by atoms with E-state index in [2.05, 4.69) is 12.2 Å². The molecule has 3 saturated heterocycles. The van der Waals surface area contributed by atoms with Crippen molar-refractivity contribution in [3.05, 3.63) is 0 Å². The second kappa shape index (κ2) is 20.8. The molecular weight excluding hydrogens is 702 g/mol. The summed E-state index contributed by atoms with van der Waals surface area (Å²) in [4.78, 5) is 25.1. The zero-order chi connectivity index (χ0) is 38.7. The quantitative estimate of drug-likeness (QED) is 0.0435. The van der Waals surface area contributed by atoms with Crippen LogP contribution < -0.4 is 5.32 Å². The van der Waals surface area contributed by atoms with Gasteiger partial charge in [-0.05, 0) is 6.42 Å². The van der Waals surface area contributed by atoms with E-state index in [0.717, 1.165) is 46.1 Å². The van der Waals surface area contributed by atoms with Crippen LogP contribution in [0.2, 0.25) is 0 Å². The first kappa shape index (κ1) is 44.7. The standard InChI is InChI=1S/C32H57NO19/c1-4-5-6-7-8-9-10-47-29-24(43)22(41)26(18(13-35)48-29)50-30-25(44)23(42)27(19(14-36)49-30)51-32(31(45)46-3)11-16(38)20(33-15(2)37)28(52-32)21(40)17(39)12-34/h16-30,34-36,38-44H,4-14H2,1-3H3,(H,33,37)/t16-,17+,18+,19+,20+,21+,22+,23+,24+,25+,26+,27-,28+,29+,30-,32+/m0/s1. The molecule has 1 amide bonds. The highest BCUT2D eigenvalue weighted by molar-refractivity contribution is 5.78. The smallest absolute Gasteiger partial charge is 0.366 e. The van der Waals surface area contributed by atoms with Gasteiger partial charge >= 0.3 is 5.97 Å². The van der Waals surface area contributed by atoms with Gasteiger partial charge in [0.15, 0.2) is 12.6 Å². The van der Waals surface area contributed by atoms with Crippen LogP contribution in [0.25, 0.3) is 0 Å². The van der Waals surface area contributed by atoms with Gasteiger partial charge in [-0.15, -0.1) is 0 Å². The number of hydrogen-bond donors (Lipinski definition) is 11. The van der Waals surface area contributed by atoms with Crippen molar-refractivity contribution in [1.82, 2.24) is 5.32 Å². The van der Waals surface area contributed by atoms with Gasteiger partial charge in [0, 0.05) is 20.0 Å². The Labute approximate surface area is 301 Å². The number of nitrogens with one attached hydrogen (secondary N) is 1. The minimum absolute atomic E-state index is 0.212. The van der Waals surface area contributed by atoms with E-state index in [1.165, 1.54) is 0 Å². The number of hydrogen-bond acceptors (Lipinski definition) is 19. The van der Waals surface area contributed by atoms with Gasteiger partial charge < -0.3 is 89.5 Å². The van der Waals surface area contributed by atoms with Crippen LogP contribution in [0.15, 0.2) is 0 Å². The Morgan fingerprint density at radius 2 is 1.42 bits per heavy atom. The number of amides is 1. The van der Waals surface area contributed by atoms with Crippen molar-refractivity contribution in [2.75, 3.05) is 33.5 Å². The Hall–Kier alpha value is -1.70. The largest absolute Gasteiger partial charge is 0.465 e. The Kier molecular flexibility index (Phi) is 17.9. The first-order valence-corrected chi connectivity index (χ1v) is 17.6. The minimum atomic E-state index is -2.73. The second-order valence-electron chi connectivity index (χ2n) is 13.3. The molecule has 3 heterocycles. The number of carbonyl (C=O) groups excluding carboxylic acids is 2. The van der Waals surface area contributed by atoms with E-state index in [0.29, 0.717) is 6.42 Å². The SMILES string of the molecule is CCCCCCCCO[C@@H]1O[C@H](CO)[C@@H](O[C@@H]2O[C@H](CO)[C@H](O[C@]3(C(=O)OC)C[C@H](O)[C@@H](NC(C)=O)[C@H]([C@H](O)[C@H](O)CO)O3)[C@H](O)[C@H]2O)[C@H](O)[C@H]1O. The molecule has 3 fully saturated rings. The molecule has 0 aromatic carbocycles. The number of unbranched alkanes of at least 4 members (excludes halogenated alkanes) is 5. The normalized spacial score (nSPS) is 39.4. The van der Waals surface area contributed by atoms with E-state index >= 15 is 0 Å². The van der Waals surface area contributed by atoms with Crippen LogP contribution in [0.1, 0.15) is 58.8 Å². The van der Waals surface area contributed by atoms with E-state index in [4.69, 9.17) is 33.2 Å². The molecule has 0 aromatic heterocycles. The third-order valence-electron chi connectivity index (χ3n) is 9.40. The number of ether oxygens (including phenoxy) is 7. The number of methoxy groups -OCH3 is 1. The van der Waals surface area contributed by atoms with Gasteiger partial charge in [0.25, 0.3) is 5.79 Å². The molecule has 0 unspecified atom stereocenters. The highest BCUT2D eigenvalue weighted by atomic mass is 16.8. The van der Waals surface area contributed by atoms with Crippen LogP contribution in [0.4, 0.5) is 0 Å². The Morgan fingerprint density at radius 3 is 2.02 bits per heavy atom. The highest BCUT2D eigenvalue weighted by Gasteiger charge is 2.60. The Bertz CT molecular complexity index is 1090. The molecule has 304 valence electrons. The molecule has 0 aromatic rings. The van der Waals surface area contributed by atoms with E-state index in [1.54, 1.807) is 0 Å². The predicted molar refractivity (Wildman–Crippen MR) is 172 cm³/mol. The van der Waals surface area contributed by atoms with Crippen LogP contribution in [0.3, 0.4) is 0 Å². The van der Waals surface area contributed by atoms with Crippen molar-refractivity contribution in [2.24, 2.45) is 0 Å². The molecule has 0 bridgehead atoms. The molecule has 52 heavy (non-hydrogen) atoms. The van der Waals surface area contributed by atoms with Gasteiger partial charge in [-0.1, -0.05) is 39.0 Å². The summed E-state index contributed by atoms with van der Waals surface area (Å²) in [5, 5.41) is 108. The maximum atomic E-state index is 13.2. The second-order valence-corrected chi connectivity index (χ2v) is 13.3. The molecule has 11 N–H and O–H groups in total. The maximum absolute atomic E-state index is 13.2. The highest BCUT2D eigenvalue weighted by Crippen LogP contribution is 2.38. The van der Waals surface area contributed by atoms with Gasteiger partial charge in [-0.3, -0.25) is 4.79 Å². The summed E-state index contributed by atoms with van der Waals surface area (Å²) in [6, 6.07) is -1.46. The fourth-order valence-corrected chi connectivity index (χ4v) is 6.52. The number of carbonyl (C=O) groups is 2. The van der Waals surface area contributed by atoms with Gasteiger partial charge in [0.2, 0.25) is 5.91 Å². The fraction of sp³-hybridized carbons (Fsp3) is 0.938. The lowest BCUT2D eigenvalue weighted by molar-refractivity contribution is -0.385. The summed E-state index contributed by atoms with van der Waals surface area (Å²) in [5.74, 6) is -4.76. The molecule has 3 aliphatic rings. The van der Waals surface area contributed by atoms with Gasteiger partial charge in [0.05, 0.1) is 39.1 Å². The first-order valence-electron chi connectivity index (χ1n) is 17.6. The molecule has 0 aliphatic carbocycles. The van der Waals surface area contributed by atoms with Gasteiger partial charge in [-0.2, -0.15) is 0 Å². The lowest BCUT2D eigenvalue weighted by Gasteiger charge is -2.50. The molecule has 20 heteroatoms. The van der Waals surface area contributed by atoms with Gasteiger partial charge in [-0.25, -0.2) is 4.79 Å². The van der Waals surface area contributed by atoms with Crippen molar-refractivity contribution in [2.45, 2.75) is 156 Å². The summed E-state index contributed by atoms with van der Waals surface area (Å²) in [6.45, 7) is 0.727. The Morgan fingerprint density at radius 1 is 0.846 bits per heavy atom. The number of rotatable bonds is 19. The lowest BCUT2D eigenvalue weighted by Crippen LogP contribution is -2.70. The molecule has 20 nitrogen and oxygen atoms in total. The summed E-state index contributed by atoms with van der Waals surface area (Å²) in [6.07, 6.45) is -19.5. The predicted octanol–water partition coefficient (Wildman–Crippen LogP) is -4.75. The van der Waals surface area contributed by atoms with E-state index < -0.39 is 136 Å². The summed E-state index contributed by atoms with van der Waals surface area (Å²) in [5.41, 5.74) is 0. The topological polar surface area (TPSA) is 313 Å². The molecule has 0 spiro atoms. The average Bonchev–Trinajstić information content (AvgIpc) is 3.13. The van der Waals surface area contributed by atoms with Crippen LogP contribution in [-0.4, -0.2) is 194 Å². The lowest BCUT2D eigenvalue weighted by atomic mass is 9.88. The number of aliphatic hydroxyl groups excluding tert-OH is 10. The minimum Gasteiger partial charge on any atom is -0.465 e. The summed E-state index contributed by atoms with van der Waals surface area (Å²) >= 11 is 0. The van der Waals surface area contributed by atoms with Crippen molar-refractivity contribution in [3.63, 3.8) is 0 Å². The van der Waals surface area contributed by atoms with Crippen molar-refractivity contribution in [3.8, 4) is 0 Å². The zero-order valence-electron chi connectivity index (χ0n) is 29.6. The summed E-state index contributed by atoms with van der Waals surface area (Å²) in [7, 11) is 0.918. The van der Waals surface area contributed by atoms with Crippen LogP contribution >= 0.6 is 0 Å². The molecule has 3 rings (SSSR count). The third kappa shape index (κ3) is 10.7. The molecule has 16 atom stereocenters. The molecule has 3 aliphatic heterocycles. The molecular formula is C32H57NO19. The zero-order valence-corrected chi connectivity index (χ0v) is 29.6. The van der Waals surface area contributed by atoms with Crippen LogP contribution in [-0.2, 0) is 42.7 Å². The van der Waals surface area contributed by atoms with Crippen molar-refractivity contribution >= 4 is 11.9 Å². The van der Waals surface area contributed by atoms with Crippen molar-refractivity contribution in [1.29, 1.82) is 0 Å². The average molecular weight is 760 g/mol. The number of esters is 1. The molecule has 0 saturated carbocycles. The van der Waals surface area contributed by atoms with E-state index in [1.807, 2.05) is 0 Å². The van der Waals surface area contributed by atoms with E-state index in [-0.39, 0.29) is 6.61 Å². The number of aliphatic hydroxyl groups is 10. The van der Waals surface area contributed by atoms with Crippen molar-refractivity contribution < 1.29 is 93.8 Å². The summed E-state index contributed by atoms with van der Waals surface area (Å²) < 4.78 is 39.1.